The first-order valence-corrected chi connectivity index (χ1v) is 11.3. The average molecular weight is 483 g/mol. The molecule has 0 saturated heterocycles. The summed E-state index contributed by atoms with van der Waals surface area (Å²) in [5, 5.41) is 5.68. The number of rotatable bonds is 9. The van der Waals surface area contributed by atoms with Crippen LogP contribution in [-0.4, -0.2) is 26.0 Å². The Hall–Kier alpha value is -4.78. The second kappa shape index (κ2) is 11.6. The number of amides is 2. The SMILES string of the molecule is COc1cc(NC(=O)c2cccc(OCc3ccccc3)c2)c(OC)cc1NC(=O)c1ccccc1. The van der Waals surface area contributed by atoms with Crippen LogP contribution in [0, 0.1) is 0 Å². The standard InChI is InChI=1S/C29H26N2O5/c1-34-26-18-25(27(35-2)17-24(26)30-28(32)21-12-7-4-8-13-21)31-29(33)22-14-9-15-23(16-22)36-19-20-10-5-3-6-11-20/h3-18H,19H2,1-2H3,(H,30,32)(H,31,33). The summed E-state index contributed by atoms with van der Waals surface area (Å²) in [6.45, 7) is 0.396. The number of anilines is 2. The Morgan fingerprint density at radius 1 is 0.639 bits per heavy atom. The molecule has 4 aromatic carbocycles. The Kier molecular flexibility index (Phi) is 7.83. The van der Waals surface area contributed by atoms with Gasteiger partial charge in [-0.05, 0) is 35.9 Å². The van der Waals surface area contributed by atoms with E-state index in [0.717, 1.165) is 5.56 Å². The fourth-order valence-electron chi connectivity index (χ4n) is 3.54. The minimum atomic E-state index is -0.346. The molecule has 0 atom stereocenters. The van der Waals surface area contributed by atoms with Gasteiger partial charge in [0.15, 0.2) is 0 Å². The van der Waals surface area contributed by atoms with Crippen LogP contribution in [0.5, 0.6) is 17.2 Å². The number of carbonyl (C=O) groups excluding carboxylic acids is 2. The Balaban J connectivity index is 1.50. The molecule has 0 aliphatic heterocycles. The molecule has 4 rings (SSSR count). The summed E-state index contributed by atoms with van der Waals surface area (Å²) < 4.78 is 16.8. The maximum atomic E-state index is 13.0. The van der Waals surface area contributed by atoms with E-state index in [1.54, 1.807) is 60.7 Å². The van der Waals surface area contributed by atoms with E-state index in [9.17, 15) is 9.59 Å². The van der Waals surface area contributed by atoms with Crippen molar-refractivity contribution in [1.82, 2.24) is 0 Å². The summed E-state index contributed by atoms with van der Waals surface area (Å²) >= 11 is 0. The van der Waals surface area contributed by atoms with Gasteiger partial charge in [0.05, 0.1) is 25.6 Å². The van der Waals surface area contributed by atoms with Gasteiger partial charge in [0, 0.05) is 23.3 Å². The van der Waals surface area contributed by atoms with Crippen LogP contribution in [0.3, 0.4) is 0 Å². The fourth-order valence-corrected chi connectivity index (χ4v) is 3.54. The largest absolute Gasteiger partial charge is 0.494 e. The van der Waals surface area contributed by atoms with Crippen molar-refractivity contribution in [2.24, 2.45) is 0 Å². The van der Waals surface area contributed by atoms with Crippen LogP contribution < -0.4 is 24.8 Å². The van der Waals surface area contributed by atoms with E-state index in [0.29, 0.717) is 46.4 Å². The zero-order valence-corrected chi connectivity index (χ0v) is 20.0. The van der Waals surface area contributed by atoms with E-state index in [4.69, 9.17) is 14.2 Å². The van der Waals surface area contributed by atoms with E-state index in [1.807, 2.05) is 36.4 Å². The van der Waals surface area contributed by atoms with Gasteiger partial charge in [-0.1, -0.05) is 54.6 Å². The van der Waals surface area contributed by atoms with Crippen molar-refractivity contribution in [3.05, 3.63) is 114 Å². The first-order chi connectivity index (χ1) is 17.6. The van der Waals surface area contributed by atoms with Gasteiger partial charge in [-0.15, -0.1) is 0 Å². The summed E-state index contributed by atoms with van der Waals surface area (Å²) in [4.78, 5) is 25.6. The first-order valence-electron chi connectivity index (χ1n) is 11.3. The molecule has 0 aromatic heterocycles. The number of hydrogen-bond acceptors (Lipinski definition) is 5. The normalized spacial score (nSPS) is 10.3. The van der Waals surface area contributed by atoms with Gasteiger partial charge in [-0.3, -0.25) is 9.59 Å². The predicted molar refractivity (Wildman–Crippen MR) is 139 cm³/mol. The smallest absolute Gasteiger partial charge is 0.255 e. The van der Waals surface area contributed by atoms with Gasteiger partial charge in [-0.25, -0.2) is 0 Å². The van der Waals surface area contributed by atoms with Gasteiger partial charge >= 0.3 is 0 Å². The van der Waals surface area contributed by atoms with Crippen LogP contribution in [-0.2, 0) is 6.61 Å². The summed E-state index contributed by atoms with van der Waals surface area (Å²) in [7, 11) is 2.97. The molecule has 7 heteroatoms. The highest BCUT2D eigenvalue weighted by atomic mass is 16.5. The molecule has 0 fully saturated rings. The molecule has 0 unspecified atom stereocenters. The van der Waals surface area contributed by atoms with Crippen LogP contribution in [0.25, 0.3) is 0 Å². The number of benzene rings is 4. The molecule has 2 amide bonds. The number of carbonyl (C=O) groups is 2. The molecule has 0 radical (unpaired) electrons. The van der Waals surface area contributed by atoms with E-state index in [2.05, 4.69) is 10.6 Å². The predicted octanol–water partition coefficient (Wildman–Crippen LogP) is 5.79. The molecule has 0 bridgehead atoms. The van der Waals surface area contributed by atoms with Crippen LogP contribution in [0.1, 0.15) is 26.3 Å². The third kappa shape index (κ3) is 6.01. The lowest BCUT2D eigenvalue weighted by Gasteiger charge is -2.16. The lowest BCUT2D eigenvalue weighted by atomic mass is 10.1. The molecular weight excluding hydrogens is 456 g/mol. The van der Waals surface area contributed by atoms with Crippen molar-refractivity contribution in [3.8, 4) is 17.2 Å². The monoisotopic (exact) mass is 482 g/mol. The quantitative estimate of drug-likeness (QED) is 0.316. The van der Waals surface area contributed by atoms with Crippen molar-refractivity contribution >= 4 is 23.2 Å². The summed E-state index contributed by atoms with van der Waals surface area (Å²) in [5.41, 5.74) is 2.77. The van der Waals surface area contributed by atoms with Crippen molar-refractivity contribution < 1.29 is 23.8 Å². The summed E-state index contributed by atoms with van der Waals surface area (Å²) in [5.74, 6) is 0.677. The molecule has 4 aromatic rings. The Labute approximate surface area is 209 Å². The Morgan fingerprint density at radius 3 is 1.75 bits per heavy atom. The molecule has 0 aliphatic carbocycles. The van der Waals surface area contributed by atoms with Gasteiger partial charge in [0.1, 0.15) is 23.9 Å². The minimum Gasteiger partial charge on any atom is -0.494 e. The molecule has 7 nitrogen and oxygen atoms in total. The highest BCUT2D eigenvalue weighted by molar-refractivity contribution is 6.07. The number of hydrogen-bond donors (Lipinski definition) is 2. The lowest BCUT2D eigenvalue weighted by molar-refractivity contribution is 0.101. The fraction of sp³-hybridized carbons (Fsp3) is 0.103. The van der Waals surface area contributed by atoms with Crippen molar-refractivity contribution in [3.63, 3.8) is 0 Å². The zero-order chi connectivity index (χ0) is 25.3. The summed E-state index contributed by atoms with van der Waals surface area (Å²) in [6.07, 6.45) is 0. The molecule has 0 heterocycles. The van der Waals surface area contributed by atoms with Crippen molar-refractivity contribution in [2.75, 3.05) is 24.9 Å². The highest BCUT2D eigenvalue weighted by Crippen LogP contribution is 2.37. The van der Waals surface area contributed by atoms with Crippen LogP contribution in [0.15, 0.2) is 97.1 Å². The third-order valence-electron chi connectivity index (χ3n) is 5.40. The van der Waals surface area contributed by atoms with Crippen LogP contribution >= 0.6 is 0 Å². The molecule has 0 aliphatic rings. The van der Waals surface area contributed by atoms with Gasteiger partial charge in [0.2, 0.25) is 0 Å². The molecule has 182 valence electrons. The molecule has 0 spiro atoms. The van der Waals surface area contributed by atoms with Gasteiger partial charge in [0.25, 0.3) is 11.8 Å². The Morgan fingerprint density at radius 2 is 1.17 bits per heavy atom. The highest BCUT2D eigenvalue weighted by Gasteiger charge is 2.17. The topological polar surface area (TPSA) is 85.9 Å². The zero-order valence-electron chi connectivity index (χ0n) is 20.0. The van der Waals surface area contributed by atoms with Gasteiger partial charge in [-0.2, -0.15) is 0 Å². The third-order valence-corrected chi connectivity index (χ3v) is 5.40. The molecule has 0 saturated carbocycles. The van der Waals surface area contributed by atoms with Crippen molar-refractivity contribution in [2.45, 2.75) is 6.61 Å². The number of ether oxygens (including phenoxy) is 3. The minimum absolute atomic E-state index is 0.292. The maximum absolute atomic E-state index is 13.0. The molecular formula is C29H26N2O5. The van der Waals surface area contributed by atoms with E-state index in [-0.39, 0.29) is 11.8 Å². The molecule has 2 N–H and O–H groups in total. The second-order valence-electron chi connectivity index (χ2n) is 7.83. The number of methoxy groups -OCH3 is 2. The first kappa shape index (κ1) is 24.3. The van der Waals surface area contributed by atoms with E-state index >= 15 is 0 Å². The van der Waals surface area contributed by atoms with E-state index in [1.165, 1.54) is 14.2 Å². The van der Waals surface area contributed by atoms with Crippen LogP contribution in [0.4, 0.5) is 11.4 Å². The van der Waals surface area contributed by atoms with Crippen molar-refractivity contribution in [1.29, 1.82) is 0 Å². The second-order valence-corrected chi connectivity index (χ2v) is 7.83. The molecule has 36 heavy (non-hydrogen) atoms. The lowest BCUT2D eigenvalue weighted by Crippen LogP contribution is -2.15. The average Bonchev–Trinajstić information content (AvgIpc) is 2.93. The van der Waals surface area contributed by atoms with Gasteiger partial charge < -0.3 is 24.8 Å². The summed E-state index contributed by atoms with van der Waals surface area (Å²) in [6, 6.07) is 28.8. The maximum Gasteiger partial charge on any atom is 0.255 e. The van der Waals surface area contributed by atoms with E-state index < -0.39 is 0 Å². The van der Waals surface area contributed by atoms with Crippen LogP contribution in [0.2, 0.25) is 0 Å². The Bertz CT molecular complexity index is 1340. The number of nitrogens with one attached hydrogen (secondary N) is 2.